The van der Waals surface area contributed by atoms with Crippen molar-refractivity contribution < 1.29 is 9.59 Å². The molecular weight excluding hydrogens is 420 g/mol. The Morgan fingerprint density at radius 1 is 1.16 bits per heavy atom. The van der Waals surface area contributed by atoms with Gasteiger partial charge in [-0.3, -0.25) is 14.5 Å². The molecule has 1 aromatic carbocycles. The van der Waals surface area contributed by atoms with Crippen LogP contribution in [0.5, 0.6) is 0 Å². The Balaban J connectivity index is 1.23. The molecule has 32 heavy (non-hydrogen) atoms. The summed E-state index contributed by atoms with van der Waals surface area (Å²) in [5.41, 5.74) is 2.26. The molecule has 2 heterocycles. The molecular formula is C25H36N4O2S. The Labute approximate surface area is 196 Å². The van der Waals surface area contributed by atoms with Gasteiger partial charge in [0.25, 0.3) is 5.91 Å². The van der Waals surface area contributed by atoms with Gasteiger partial charge >= 0.3 is 0 Å². The number of benzene rings is 1. The number of carbonyl (C=O) groups is 2. The van der Waals surface area contributed by atoms with Crippen molar-refractivity contribution in [1.29, 1.82) is 0 Å². The minimum absolute atomic E-state index is 0.00304. The third-order valence-electron chi connectivity index (χ3n) is 6.99. The highest BCUT2D eigenvalue weighted by molar-refractivity contribution is 8.04. The van der Waals surface area contributed by atoms with E-state index >= 15 is 0 Å². The lowest BCUT2D eigenvalue weighted by Gasteiger charge is -2.39. The van der Waals surface area contributed by atoms with Gasteiger partial charge in [-0.1, -0.05) is 36.8 Å². The molecule has 7 heteroatoms. The number of hydrogen-bond donors (Lipinski definition) is 2. The van der Waals surface area contributed by atoms with E-state index < -0.39 is 0 Å². The average Bonchev–Trinajstić information content (AvgIpc) is 2.81. The van der Waals surface area contributed by atoms with Gasteiger partial charge in [0.05, 0.1) is 4.91 Å². The molecule has 1 aliphatic carbocycles. The molecule has 0 spiro atoms. The second-order valence-electron chi connectivity index (χ2n) is 9.23. The number of aryl methyl sites for hydroxylation is 1. The molecule has 2 saturated heterocycles. The molecule has 3 unspecified atom stereocenters. The van der Waals surface area contributed by atoms with Gasteiger partial charge in [-0.2, -0.15) is 0 Å². The summed E-state index contributed by atoms with van der Waals surface area (Å²) in [7, 11) is 0. The highest BCUT2D eigenvalue weighted by Crippen LogP contribution is 2.39. The molecule has 1 aromatic rings. The lowest BCUT2D eigenvalue weighted by atomic mass is 9.84. The zero-order valence-corrected chi connectivity index (χ0v) is 20.1. The first-order chi connectivity index (χ1) is 15.5. The number of nitrogens with one attached hydrogen (secondary N) is 2. The Morgan fingerprint density at radius 3 is 2.59 bits per heavy atom. The van der Waals surface area contributed by atoms with Crippen LogP contribution in [0.1, 0.15) is 37.3 Å². The fraction of sp³-hybridized carbons (Fsp3) is 0.600. The number of thioether (sulfide) groups is 1. The number of hydrogen-bond acceptors (Lipinski definition) is 5. The van der Waals surface area contributed by atoms with Crippen LogP contribution in [0.2, 0.25) is 0 Å². The fourth-order valence-corrected chi connectivity index (χ4v) is 6.15. The van der Waals surface area contributed by atoms with E-state index in [2.05, 4.69) is 46.4 Å². The number of carbonyl (C=O) groups excluding carboxylic acids is 2. The maximum atomic E-state index is 12.8. The van der Waals surface area contributed by atoms with Crippen molar-refractivity contribution in [3.8, 4) is 0 Å². The van der Waals surface area contributed by atoms with Gasteiger partial charge in [-0.05, 0) is 44.4 Å². The largest absolute Gasteiger partial charge is 0.355 e. The van der Waals surface area contributed by atoms with Crippen LogP contribution >= 0.6 is 11.8 Å². The van der Waals surface area contributed by atoms with E-state index in [1.807, 2.05) is 18.2 Å². The number of likely N-dealkylation sites (N-methyl/N-ethyl adjacent to an activating group) is 1. The van der Waals surface area contributed by atoms with E-state index in [-0.39, 0.29) is 23.8 Å². The van der Waals surface area contributed by atoms with Crippen LogP contribution in [0.3, 0.4) is 0 Å². The molecule has 3 fully saturated rings. The van der Waals surface area contributed by atoms with Crippen molar-refractivity contribution in [3.05, 3.63) is 40.3 Å². The molecule has 3 aliphatic rings. The van der Waals surface area contributed by atoms with E-state index in [4.69, 9.17) is 0 Å². The van der Waals surface area contributed by atoms with Crippen molar-refractivity contribution in [2.24, 2.45) is 5.92 Å². The highest BCUT2D eigenvalue weighted by atomic mass is 32.2. The predicted molar refractivity (Wildman–Crippen MR) is 131 cm³/mol. The summed E-state index contributed by atoms with van der Waals surface area (Å²) in [5, 5.41) is 6.68. The number of nitrogens with zero attached hydrogens (tertiary/aromatic N) is 2. The second kappa shape index (κ2) is 10.9. The Bertz CT molecular complexity index is 833. The summed E-state index contributed by atoms with van der Waals surface area (Å²) < 4.78 is 0. The van der Waals surface area contributed by atoms with Crippen molar-refractivity contribution in [3.63, 3.8) is 0 Å². The van der Waals surface area contributed by atoms with Crippen LogP contribution in [0, 0.1) is 12.8 Å². The lowest BCUT2D eigenvalue weighted by molar-refractivity contribution is -0.127. The van der Waals surface area contributed by atoms with E-state index in [0.29, 0.717) is 11.8 Å². The fourth-order valence-electron chi connectivity index (χ4n) is 4.85. The van der Waals surface area contributed by atoms with Crippen molar-refractivity contribution in [2.75, 3.05) is 45.8 Å². The average molecular weight is 457 g/mol. The molecule has 2 aliphatic heterocycles. The van der Waals surface area contributed by atoms with Crippen LogP contribution in [-0.2, 0) is 9.59 Å². The molecule has 6 nitrogen and oxygen atoms in total. The third kappa shape index (κ3) is 5.94. The first-order valence-electron chi connectivity index (χ1n) is 12.0. The zero-order valence-electron chi connectivity index (χ0n) is 19.3. The maximum absolute atomic E-state index is 12.8. The third-order valence-corrected chi connectivity index (χ3v) is 8.41. The molecule has 0 aromatic heterocycles. The summed E-state index contributed by atoms with van der Waals surface area (Å²) in [6.45, 7) is 11.4. The zero-order chi connectivity index (χ0) is 22.5. The van der Waals surface area contributed by atoms with Gasteiger partial charge in [0.1, 0.15) is 0 Å². The molecule has 0 bridgehead atoms. The Hall–Kier alpha value is -1.83. The van der Waals surface area contributed by atoms with Crippen LogP contribution in [0.25, 0.3) is 6.08 Å². The SMILES string of the molecule is CCN1CCN(CCNC(=O)C2CCC3S/C(=C/c4ccc(C)cc4)C(=O)NC3C2)CC1. The summed E-state index contributed by atoms with van der Waals surface area (Å²) >= 11 is 1.68. The Kier molecular flexibility index (Phi) is 7.92. The van der Waals surface area contributed by atoms with Crippen LogP contribution in [-0.4, -0.2) is 78.7 Å². The summed E-state index contributed by atoms with van der Waals surface area (Å²) in [4.78, 5) is 31.1. The minimum atomic E-state index is -0.0101. The first kappa shape index (κ1) is 23.3. The topological polar surface area (TPSA) is 64.7 Å². The minimum Gasteiger partial charge on any atom is -0.355 e. The molecule has 3 atom stereocenters. The van der Waals surface area contributed by atoms with Gasteiger partial charge in [-0.15, -0.1) is 11.8 Å². The predicted octanol–water partition coefficient (Wildman–Crippen LogP) is 2.49. The number of amides is 2. The van der Waals surface area contributed by atoms with Crippen molar-refractivity contribution in [1.82, 2.24) is 20.4 Å². The van der Waals surface area contributed by atoms with Crippen LogP contribution in [0.4, 0.5) is 0 Å². The van der Waals surface area contributed by atoms with Gasteiger partial charge in [-0.25, -0.2) is 0 Å². The van der Waals surface area contributed by atoms with E-state index in [0.717, 1.165) is 69.0 Å². The summed E-state index contributed by atoms with van der Waals surface area (Å²) in [6.07, 6.45) is 4.57. The smallest absolute Gasteiger partial charge is 0.257 e. The van der Waals surface area contributed by atoms with E-state index in [9.17, 15) is 9.59 Å². The first-order valence-corrected chi connectivity index (χ1v) is 12.9. The summed E-state index contributed by atoms with van der Waals surface area (Å²) in [5.74, 6) is 0.136. The van der Waals surface area contributed by atoms with Crippen LogP contribution < -0.4 is 10.6 Å². The van der Waals surface area contributed by atoms with E-state index in [1.165, 1.54) is 5.56 Å². The van der Waals surface area contributed by atoms with Crippen molar-refractivity contribution >= 4 is 29.7 Å². The molecule has 1 saturated carbocycles. The lowest BCUT2D eigenvalue weighted by Crippen LogP contribution is -2.52. The molecule has 2 amide bonds. The molecule has 174 valence electrons. The maximum Gasteiger partial charge on any atom is 0.257 e. The van der Waals surface area contributed by atoms with Crippen LogP contribution in [0.15, 0.2) is 29.2 Å². The number of piperazine rings is 1. The number of rotatable bonds is 6. The summed E-state index contributed by atoms with van der Waals surface area (Å²) in [6, 6.07) is 8.31. The Morgan fingerprint density at radius 2 is 1.88 bits per heavy atom. The van der Waals surface area contributed by atoms with E-state index in [1.54, 1.807) is 11.8 Å². The van der Waals surface area contributed by atoms with Crippen molar-refractivity contribution in [2.45, 2.75) is 44.4 Å². The molecule has 2 N–H and O–H groups in total. The highest BCUT2D eigenvalue weighted by Gasteiger charge is 2.39. The normalized spacial score (nSPS) is 28.2. The number of fused-ring (bicyclic) bond motifs is 1. The molecule has 4 rings (SSSR count). The van der Waals surface area contributed by atoms with Gasteiger partial charge in [0, 0.05) is 56.5 Å². The van der Waals surface area contributed by atoms with Gasteiger partial charge in [0.15, 0.2) is 0 Å². The molecule has 0 radical (unpaired) electrons. The van der Waals surface area contributed by atoms with Gasteiger partial charge in [0.2, 0.25) is 5.91 Å². The standard InChI is InChI=1S/C25H36N4O2S/c1-3-28-12-14-29(15-13-28)11-10-26-24(30)20-8-9-22-21(17-20)27-25(31)23(32-22)16-19-6-4-18(2)5-7-19/h4-7,16,20-22H,3,8-15,17H2,1-2H3,(H,26,30)(H,27,31)/b23-16+. The van der Waals surface area contributed by atoms with Gasteiger partial charge < -0.3 is 15.5 Å². The monoisotopic (exact) mass is 456 g/mol. The quantitative estimate of drug-likeness (QED) is 0.644. The second-order valence-corrected chi connectivity index (χ2v) is 10.5.